The van der Waals surface area contributed by atoms with E-state index in [2.05, 4.69) is 15.9 Å². The number of esters is 1. The zero-order chi connectivity index (χ0) is 12.1. The van der Waals surface area contributed by atoms with Gasteiger partial charge in [0.25, 0.3) is 0 Å². The fourth-order valence-electron chi connectivity index (χ4n) is 1.37. The van der Waals surface area contributed by atoms with E-state index in [0.717, 1.165) is 21.9 Å². The first kappa shape index (κ1) is 12.9. The van der Waals surface area contributed by atoms with Crippen LogP contribution in [0.2, 0.25) is 0 Å². The van der Waals surface area contributed by atoms with Gasteiger partial charge in [0.15, 0.2) is 0 Å². The van der Waals surface area contributed by atoms with Crippen LogP contribution in [0.25, 0.3) is 0 Å². The van der Waals surface area contributed by atoms with Crippen LogP contribution < -0.4 is 0 Å². The van der Waals surface area contributed by atoms with E-state index in [1.807, 2.05) is 13.0 Å². The first-order chi connectivity index (χ1) is 7.58. The van der Waals surface area contributed by atoms with Crippen molar-refractivity contribution in [3.8, 4) is 0 Å². The Morgan fingerprint density at radius 3 is 2.75 bits per heavy atom. The maximum Gasteiger partial charge on any atom is 0.310 e. The van der Waals surface area contributed by atoms with Crippen LogP contribution in [0.4, 0.5) is 0 Å². The van der Waals surface area contributed by atoms with E-state index in [9.17, 15) is 9.59 Å². The van der Waals surface area contributed by atoms with Gasteiger partial charge in [-0.3, -0.25) is 9.59 Å². The van der Waals surface area contributed by atoms with E-state index < -0.39 is 0 Å². The van der Waals surface area contributed by atoms with Crippen molar-refractivity contribution in [1.82, 2.24) is 0 Å². The van der Waals surface area contributed by atoms with Crippen LogP contribution in [0, 0.1) is 6.92 Å². The third kappa shape index (κ3) is 3.17. The summed E-state index contributed by atoms with van der Waals surface area (Å²) in [4.78, 5) is 22.1. The minimum atomic E-state index is -0.288. The van der Waals surface area contributed by atoms with Crippen LogP contribution in [0.15, 0.2) is 16.6 Å². The lowest BCUT2D eigenvalue weighted by atomic mass is 10.0. The molecule has 0 spiro atoms. The Hall–Kier alpha value is -1.16. The Balaban J connectivity index is 2.95. The number of rotatable bonds is 4. The quantitative estimate of drug-likeness (QED) is 0.631. The number of hydrogen-bond acceptors (Lipinski definition) is 3. The highest BCUT2D eigenvalue weighted by molar-refractivity contribution is 9.10. The van der Waals surface area contributed by atoms with E-state index in [0.29, 0.717) is 12.2 Å². The number of aryl methyl sites for hydroxylation is 1. The molecule has 0 heterocycles. The second kappa shape index (κ2) is 5.80. The average molecular weight is 285 g/mol. The summed E-state index contributed by atoms with van der Waals surface area (Å²) in [6, 6.07) is 3.54. The Labute approximate surface area is 103 Å². The molecule has 0 atom stereocenters. The maximum atomic E-state index is 11.3. The van der Waals surface area contributed by atoms with Crippen molar-refractivity contribution in [1.29, 1.82) is 0 Å². The molecule has 0 radical (unpaired) electrons. The Kier molecular flexibility index (Phi) is 4.68. The fraction of sp³-hybridized carbons (Fsp3) is 0.333. The van der Waals surface area contributed by atoms with Crippen LogP contribution >= 0.6 is 15.9 Å². The zero-order valence-electron chi connectivity index (χ0n) is 9.25. The first-order valence-corrected chi connectivity index (χ1v) is 5.77. The second-order valence-electron chi connectivity index (χ2n) is 3.40. The average Bonchev–Trinajstić information content (AvgIpc) is 2.22. The predicted octanol–water partition coefficient (Wildman–Crippen LogP) is 2.68. The smallest absolute Gasteiger partial charge is 0.310 e. The molecule has 1 aromatic carbocycles. The molecule has 0 aliphatic carbocycles. The molecule has 0 N–H and O–H groups in total. The van der Waals surface area contributed by atoms with Gasteiger partial charge in [0.05, 0.1) is 13.0 Å². The lowest BCUT2D eigenvalue weighted by molar-refractivity contribution is -0.142. The van der Waals surface area contributed by atoms with E-state index in [1.54, 1.807) is 13.0 Å². The summed E-state index contributed by atoms with van der Waals surface area (Å²) in [5, 5.41) is 0. The van der Waals surface area contributed by atoms with Gasteiger partial charge in [-0.1, -0.05) is 15.9 Å². The molecule has 4 heteroatoms. The minimum absolute atomic E-state index is 0.176. The number of aldehydes is 1. The van der Waals surface area contributed by atoms with Gasteiger partial charge in [0, 0.05) is 10.0 Å². The number of carbonyl (C=O) groups is 2. The highest BCUT2D eigenvalue weighted by Crippen LogP contribution is 2.21. The molecule has 16 heavy (non-hydrogen) atoms. The van der Waals surface area contributed by atoms with Crippen LogP contribution in [0.3, 0.4) is 0 Å². The van der Waals surface area contributed by atoms with Crippen LogP contribution in [0.1, 0.15) is 28.4 Å². The lowest BCUT2D eigenvalue weighted by Gasteiger charge is -2.07. The molecular formula is C12H13BrO3. The van der Waals surface area contributed by atoms with Crippen LogP contribution in [-0.4, -0.2) is 18.9 Å². The van der Waals surface area contributed by atoms with Gasteiger partial charge in [0.2, 0.25) is 0 Å². The fourth-order valence-corrected chi connectivity index (χ4v) is 1.96. The van der Waals surface area contributed by atoms with Gasteiger partial charge < -0.3 is 4.74 Å². The van der Waals surface area contributed by atoms with Crippen molar-refractivity contribution in [2.45, 2.75) is 20.3 Å². The molecule has 0 aliphatic heterocycles. The molecule has 0 aliphatic rings. The number of hydrogen-bond donors (Lipinski definition) is 0. The Bertz CT molecular complexity index is 413. The molecule has 0 bridgehead atoms. The monoisotopic (exact) mass is 284 g/mol. The molecule has 0 saturated carbocycles. The third-order valence-electron chi connectivity index (χ3n) is 2.20. The van der Waals surface area contributed by atoms with Crippen molar-refractivity contribution >= 4 is 28.2 Å². The summed E-state index contributed by atoms with van der Waals surface area (Å²) in [5.74, 6) is -0.288. The van der Waals surface area contributed by atoms with Gasteiger partial charge in [0.1, 0.15) is 6.29 Å². The number of benzene rings is 1. The summed E-state index contributed by atoms with van der Waals surface area (Å²) >= 11 is 3.37. The van der Waals surface area contributed by atoms with E-state index in [-0.39, 0.29) is 12.4 Å². The second-order valence-corrected chi connectivity index (χ2v) is 4.25. The zero-order valence-corrected chi connectivity index (χ0v) is 10.8. The van der Waals surface area contributed by atoms with Gasteiger partial charge in [-0.05, 0) is 37.1 Å². The highest BCUT2D eigenvalue weighted by atomic mass is 79.9. The topological polar surface area (TPSA) is 43.4 Å². The summed E-state index contributed by atoms with van der Waals surface area (Å²) < 4.78 is 5.68. The summed E-state index contributed by atoms with van der Waals surface area (Å²) in [7, 11) is 0. The molecule has 3 nitrogen and oxygen atoms in total. The van der Waals surface area contributed by atoms with Crippen LogP contribution in [-0.2, 0) is 16.0 Å². The Morgan fingerprint density at radius 1 is 1.50 bits per heavy atom. The van der Waals surface area contributed by atoms with Gasteiger partial charge >= 0.3 is 5.97 Å². The van der Waals surface area contributed by atoms with Gasteiger partial charge in [-0.15, -0.1) is 0 Å². The third-order valence-corrected chi connectivity index (χ3v) is 2.94. The minimum Gasteiger partial charge on any atom is -0.466 e. The highest BCUT2D eigenvalue weighted by Gasteiger charge is 2.10. The van der Waals surface area contributed by atoms with Crippen molar-refractivity contribution in [3.63, 3.8) is 0 Å². The molecule has 0 fully saturated rings. The Morgan fingerprint density at radius 2 is 2.19 bits per heavy atom. The van der Waals surface area contributed by atoms with E-state index >= 15 is 0 Å². The van der Waals surface area contributed by atoms with Gasteiger partial charge in [-0.2, -0.15) is 0 Å². The van der Waals surface area contributed by atoms with Crippen molar-refractivity contribution < 1.29 is 14.3 Å². The maximum absolute atomic E-state index is 11.3. The van der Waals surface area contributed by atoms with Crippen molar-refractivity contribution in [2.75, 3.05) is 6.61 Å². The largest absolute Gasteiger partial charge is 0.466 e. The number of halogens is 1. The summed E-state index contributed by atoms with van der Waals surface area (Å²) in [6.45, 7) is 3.98. The predicted molar refractivity (Wildman–Crippen MR) is 64.6 cm³/mol. The standard InChI is InChI=1S/C12H13BrO3/c1-3-16-12(15)6-9-5-10(7-14)8(2)4-11(9)13/h4-5,7H,3,6H2,1-2H3. The molecule has 0 aromatic heterocycles. The summed E-state index contributed by atoms with van der Waals surface area (Å²) in [6.07, 6.45) is 0.964. The molecular weight excluding hydrogens is 272 g/mol. The lowest BCUT2D eigenvalue weighted by Crippen LogP contribution is -2.08. The molecule has 86 valence electrons. The van der Waals surface area contributed by atoms with Crippen molar-refractivity contribution in [3.05, 3.63) is 33.3 Å². The molecule has 1 aromatic rings. The number of carbonyl (C=O) groups excluding carboxylic acids is 2. The van der Waals surface area contributed by atoms with E-state index in [1.165, 1.54) is 0 Å². The SMILES string of the molecule is CCOC(=O)Cc1cc(C=O)c(C)cc1Br. The van der Waals surface area contributed by atoms with Crippen LogP contribution in [0.5, 0.6) is 0 Å². The van der Waals surface area contributed by atoms with Gasteiger partial charge in [-0.25, -0.2) is 0 Å². The summed E-state index contributed by atoms with van der Waals surface area (Å²) in [5.41, 5.74) is 2.25. The van der Waals surface area contributed by atoms with E-state index in [4.69, 9.17) is 4.74 Å². The molecule has 1 rings (SSSR count). The molecule has 0 saturated heterocycles. The number of ether oxygens (including phenoxy) is 1. The molecule has 0 unspecified atom stereocenters. The first-order valence-electron chi connectivity index (χ1n) is 4.98. The molecule has 0 amide bonds. The normalized spacial score (nSPS) is 9.94. The van der Waals surface area contributed by atoms with Crippen molar-refractivity contribution in [2.24, 2.45) is 0 Å².